The molecular formula is C22H24ClN3O2. The number of nitrogens with one attached hydrogen (secondary N) is 2. The first-order valence-corrected chi connectivity index (χ1v) is 10.4. The predicted octanol–water partition coefficient (Wildman–Crippen LogP) is 5.25. The first kappa shape index (κ1) is 17.7. The normalized spacial score (nSPS) is 21.0. The third-order valence-corrected chi connectivity index (χ3v) is 6.03. The number of rotatable bonds is 2. The fraction of sp³-hybridized carbons (Fsp3) is 0.409. The van der Waals surface area contributed by atoms with Crippen LogP contribution in [0.15, 0.2) is 41.4 Å². The molecule has 2 aromatic carbocycles. The predicted molar refractivity (Wildman–Crippen MR) is 113 cm³/mol. The van der Waals surface area contributed by atoms with Crippen molar-refractivity contribution in [2.75, 3.05) is 23.8 Å². The highest BCUT2D eigenvalue weighted by Gasteiger charge is 2.42. The molecule has 0 unspecified atom stereocenters. The zero-order valence-corrected chi connectivity index (χ0v) is 16.5. The van der Waals surface area contributed by atoms with Crippen molar-refractivity contribution in [2.45, 2.75) is 44.2 Å². The molecule has 1 spiro atoms. The molecule has 3 aliphatic rings. The van der Waals surface area contributed by atoms with Gasteiger partial charge in [-0.05, 0) is 42.7 Å². The van der Waals surface area contributed by atoms with Gasteiger partial charge in [0.15, 0.2) is 11.5 Å². The van der Waals surface area contributed by atoms with E-state index in [2.05, 4.69) is 22.8 Å². The number of halogens is 1. The molecule has 6 heteroatoms. The van der Waals surface area contributed by atoms with E-state index in [0.29, 0.717) is 19.8 Å². The lowest BCUT2D eigenvalue weighted by molar-refractivity contribution is 0.172. The average Bonchev–Trinajstić information content (AvgIpc) is 2.73. The number of benzene rings is 2. The van der Waals surface area contributed by atoms with Crippen LogP contribution in [-0.2, 0) is 6.54 Å². The number of ether oxygens (including phenoxy) is 2. The maximum Gasteiger partial charge on any atom is 0.186 e. The van der Waals surface area contributed by atoms with Gasteiger partial charge in [-0.15, -0.1) is 0 Å². The van der Waals surface area contributed by atoms with E-state index in [-0.39, 0.29) is 5.54 Å². The topological polar surface area (TPSA) is 54.9 Å². The summed E-state index contributed by atoms with van der Waals surface area (Å²) in [6.45, 7) is 1.73. The maximum atomic E-state index is 6.15. The van der Waals surface area contributed by atoms with Gasteiger partial charge in [0.25, 0.3) is 0 Å². The molecule has 1 fully saturated rings. The Bertz CT molecular complexity index is 922. The first-order valence-electron chi connectivity index (χ1n) is 10.0. The number of hydrogen-bond acceptors (Lipinski definition) is 4. The summed E-state index contributed by atoms with van der Waals surface area (Å²) >= 11 is 6.15. The van der Waals surface area contributed by atoms with Crippen LogP contribution in [0.1, 0.15) is 37.7 Å². The highest BCUT2D eigenvalue weighted by atomic mass is 35.5. The highest BCUT2D eigenvalue weighted by Crippen LogP contribution is 2.48. The van der Waals surface area contributed by atoms with E-state index in [4.69, 9.17) is 26.1 Å². The van der Waals surface area contributed by atoms with Crippen molar-refractivity contribution in [3.8, 4) is 11.5 Å². The highest BCUT2D eigenvalue weighted by molar-refractivity contribution is 6.30. The lowest BCUT2D eigenvalue weighted by Crippen LogP contribution is -2.53. The largest absolute Gasteiger partial charge is 0.486 e. The summed E-state index contributed by atoms with van der Waals surface area (Å²) in [6, 6.07) is 12.0. The molecule has 0 atom stereocenters. The van der Waals surface area contributed by atoms with Crippen molar-refractivity contribution in [3.63, 3.8) is 0 Å². The molecule has 1 saturated carbocycles. The molecule has 0 saturated heterocycles. The van der Waals surface area contributed by atoms with Crippen molar-refractivity contribution in [3.05, 3.63) is 47.0 Å². The zero-order valence-electron chi connectivity index (χ0n) is 15.8. The van der Waals surface area contributed by atoms with Crippen LogP contribution in [0.3, 0.4) is 0 Å². The number of nitrogens with zero attached hydrogens (tertiary/aromatic N) is 1. The van der Waals surface area contributed by atoms with E-state index in [1.54, 1.807) is 0 Å². The monoisotopic (exact) mass is 397 g/mol. The quantitative estimate of drug-likeness (QED) is 0.726. The number of fused-ring (bicyclic) bond motifs is 3. The van der Waals surface area contributed by atoms with E-state index in [1.807, 2.05) is 24.3 Å². The van der Waals surface area contributed by atoms with Crippen molar-refractivity contribution >= 4 is 28.8 Å². The van der Waals surface area contributed by atoms with E-state index >= 15 is 0 Å². The summed E-state index contributed by atoms with van der Waals surface area (Å²) in [4.78, 5) is 5.01. The van der Waals surface area contributed by atoms with Gasteiger partial charge >= 0.3 is 0 Å². The minimum Gasteiger partial charge on any atom is -0.486 e. The second kappa shape index (κ2) is 7.21. The van der Waals surface area contributed by atoms with Gasteiger partial charge in [-0.25, -0.2) is 0 Å². The molecule has 1 aliphatic carbocycles. The van der Waals surface area contributed by atoms with E-state index in [0.717, 1.165) is 52.1 Å². The van der Waals surface area contributed by atoms with Gasteiger partial charge in [0.2, 0.25) is 0 Å². The van der Waals surface area contributed by atoms with Crippen LogP contribution in [0.4, 0.5) is 11.4 Å². The molecule has 28 heavy (non-hydrogen) atoms. The Labute approximate surface area is 170 Å². The third kappa shape index (κ3) is 3.18. The number of hydrogen-bond donors (Lipinski definition) is 2. The first-order chi connectivity index (χ1) is 13.7. The molecule has 2 N–H and O–H groups in total. The number of aliphatic imine (C=N–C) groups is 1. The molecule has 0 bridgehead atoms. The zero-order chi connectivity index (χ0) is 19.0. The second-order valence-corrected chi connectivity index (χ2v) is 8.14. The molecule has 2 heterocycles. The van der Waals surface area contributed by atoms with Gasteiger partial charge in [0.1, 0.15) is 24.7 Å². The van der Waals surface area contributed by atoms with Crippen LogP contribution in [0.5, 0.6) is 11.5 Å². The van der Waals surface area contributed by atoms with Crippen LogP contribution in [0, 0.1) is 0 Å². The fourth-order valence-electron chi connectivity index (χ4n) is 4.41. The molecule has 0 amide bonds. The number of amidine groups is 1. The Morgan fingerprint density at radius 3 is 2.75 bits per heavy atom. The molecule has 2 aromatic rings. The molecule has 2 aliphatic heterocycles. The summed E-state index contributed by atoms with van der Waals surface area (Å²) < 4.78 is 11.7. The summed E-state index contributed by atoms with van der Waals surface area (Å²) in [5.41, 5.74) is 2.95. The lowest BCUT2D eigenvalue weighted by Gasteiger charge is -2.44. The maximum absolute atomic E-state index is 6.15. The molecule has 0 aromatic heterocycles. The fourth-order valence-corrected chi connectivity index (χ4v) is 4.63. The van der Waals surface area contributed by atoms with Crippen molar-refractivity contribution in [2.24, 2.45) is 4.99 Å². The summed E-state index contributed by atoms with van der Waals surface area (Å²) in [5, 5.41) is 8.17. The Kier molecular flexibility index (Phi) is 4.55. The van der Waals surface area contributed by atoms with Gasteiger partial charge < -0.3 is 20.1 Å². The van der Waals surface area contributed by atoms with Gasteiger partial charge in [-0.1, -0.05) is 43.0 Å². The summed E-state index contributed by atoms with van der Waals surface area (Å²) in [5.74, 6) is 2.55. The SMILES string of the molecule is Clc1cccc(CN=C2Nc3c(ccc4c3OCCO4)NC23CCCCC3)c1. The second-order valence-electron chi connectivity index (χ2n) is 7.70. The standard InChI is InChI=1S/C22H24ClN3O2/c23-16-6-4-5-15(13-16)14-24-21-22(9-2-1-3-10-22)26-17-7-8-18-20(19(17)25-21)28-12-11-27-18/h4-8,13,26H,1-3,9-12,14H2,(H,24,25). The lowest BCUT2D eigenvalue weighted by atomic mass is 9.79. The summed E-state index contributed by atoms with van der Waals surface area (Å²) in [6.07, 6.45) is 5.82. The van der Waals surface area contributed by atoms with Gasteiger partial charge in [0.05, 0.1) is 17.8 Å². The minimum atomic E-state index is -0.145. The smallest absolute Gasteiger partial charge is 0.186 e. The Hall–Kier alpha value is -2.40. The van der Waals surface area contributed by atoms with Crippen LogP contribution < -0.4 is 20.1 Å². The molecule has 5 nitrogen and oxygen atoms in total. The van der Waals surface area contributed by atoms with Crippen molar-refractivity contribution < 1.29 is 9.47 Å². The van der Waals surface area contributed by atoms with Crippen LogP contribution >= 0.6 is 11.6 Å². The van der Waals surface area contributed by atoms with Gasteiger partial charge in [-0.3, -0.25) is 4.99 Å². The van der Waals surface area contributed by atoms with Crippen molar-refractivity contribution in [1.82, 2.24) is 0 Å². The van der Waals surface area contributed by atoms with E-state index < -0.39 is 0 Å². The van der Waals surface area contributed by atoms with E-state index in [9.17, 15) is 0 Å². The molecule has 0 radical (unpaired) electrons. The van der Waals surface area contributed by atoms with Crippen LogP contribution in [-0.4, -0.2) is 24.6 Å². The summed E-state index contributed by atoms with van der Waals surface area (Å²) in [7, 11) is 0. The Balaban J connectivity index is 1.53. The van der Waals surface area contributed by atoms with Gasteiger partial charge in [0, 0.05) is 5.02 Å². The third-order valence-electron chi connectivity index (χ3n) is 5.80. The van der Waals surface area contributed by atoms with Crippen LogP contribution in [0.25, 0.3) is 0 Å². The average molecular weight is 398 g/mol. The number of anilines is 2. The Morgan fingerprint density at radius 1 is 1.04 bits per heavy atom. The van der Waals surface area contributed by atoms with Gasteiger partial charge in [-0.2, -0.15) is 0 Å². The van der Waals surface area contributed by atoms with E-state index in [1.165, 1.54) is 19.3 Å². The Morgan fingerprint density at radius 2 is 1.89 bits per heavy atom. The molecule has 146 valence electrons. The van der Waals surface area contributed by atoms with Crippen LogP contribution in [0.2, 0.25) is 5.02 Å². The molecule has 5 rings (SSSR count). The molecular weight excluding hydrogens is 374 g/mol. The van der Waals surface area contributed by atoms with Crippen molar-refractivity contribution in [1.29, 1.82) is 0 Å². The minimum absolute atomic E-state index is 0.145.